The van der Waals surface area contributed by atoms with E-state index in [4.69, 9.17) is 10.5 Å². The molecule has 1 heterocycles. The molecule has 0 radical (unpaired) electrons. The van der Waals surface area contributed by atoms with E-state index in [9.17, 15) is 9.59 Å². The molecule has 0 aromatic carbocycles. The number of hydrogen-bond donors (Lipinski definition) is 2. The molecular formula is C12H23N3O3. The minimum Gasteiger partial charge on any atom is -0.378 e. The molecule has 0 unspecified atom stereocenters. The molecule has 6 nitrogen and oxygen atoms in total. The molecular weight excluding hydrogens is 234 g/mol. The lowest BCUT2D eigenvalue weighted by Gasteiger charge is -2.27. The highest BCUT2D eigenvalue weighted by molar-refractivity contribution is 5.84. The van der Waals surface area contributed by atoms with Crippen LogP contribution in [0.2, 0.25) is 0 Å². The fourth-order valence-electron chi connectivity index (χ4n) is 1.68. The summed E-state index contributed by atoms with van der Waals surface area (Å²) in [6.45, 7) is 6.49. The standard InChI is InChI=1S/C12H23N3O3/c1-12(2,9-13)14-10(16)3-4-11(17)15-5-7-18-8-6-15/h3-9,13H2,1-2H3,(H,14,16). The first kappa shape index (κ1) is 14.9. The maximum Gasteiger partial charge on any atom is 0.223 e. The molecule has 3 N–H and O–H groups in total. The minimum absolute atomic E-state index is 0.0130. The van der Waals surface area contributed by atoms with Crippen molar-refractivity contribution in [2.45, 2.75) is 32.2 Å². The van der Waals surface area contributed by atoms with Crippen LogP contribution in [0.3, 0.4) is 0 Å². The summed E-state index contributed by atoms with van der Waals surface area (Å²) >= 11 is 0. The lowest BCUT2D eigenvalue weighted by atomic mass is 10.1. The van der Waals surface area contributed by atoms with Crippen molar-refractivity contribution >= 4 is 11.8 Å². The second kappa shape index (κ2) is 6.70. The largest absolute Gasteiger partial charge is 0.378 e. The fourth-order valence-corrected chi connectivity index (χ4v) is 1.68. The lowest BCUT2D eigenvalue weighted by molar-refractivity contribution is -0.137. The van der Waals surface area contributed by atoms with Crippen molar-refractivity contribution < 1.29 is 14.3 Å². The molecule has 1 saturated heterocycles. The van der Waals surface area contributed by atoms with Gasteiger partial charge in [0, 0.05) is 38.0 Å². The zero-order chi connectivity index (χ0) is 13.6. The van der Waals surface area contributed by atoms with Crippen molar-refractivity contribution in [3.63, 3.8) is 0 Å². The number of nitrogens with one attached hydrogen (secondary N) is 1. The molecule has 1 fully saturated rings. The normalized spacial score (nSPS) is 16.5. The number of nitrogens with zero attached hydrogens (tertiary/aromatic N) is 1. The summed E-state index contributed by atoms with van der Waals surface area (Å²) < 4.78 is 5.17. The molecule has 104 valence electrons. The van der Waals surface area contributed by atoms with Gasteiger partial charge in [-0.3, -0.25) is 9.59 Å². The summed E-state index contributed by atoms with van der Waals surface area (Å²) in [5.41, 5.74) is 5.11. The summed E-state index contributed by atoms with van der Waals surface area (Å²) in [5.74, 6) is -0.119. The van der Waals surface area contributed by atoms with Gasteiger partial charge in [0.05, 0.1) is 13.2 Å². The Bertz CT molecular complexity index is 299. The second-order valence-electron chi connectivity index (χ2n) is 5.13. The van der Waals surface area contributed by atoms with Gasteiger partial charge >= 0.3 is 0 Å². The monoisotopic (exact) mass is 257 g/mol. The fraction of sp³-hybridized carbons (Fsp3) is 0.833. The van der Waals surface area contributed by atoms with E-state index >= 15 is 0 Å². The topological polar surface area (TPSA) is 84.7 Å². The average Bonchev–Trinajstić information content (AvgIpc) is 2.36. The van der Waals surface area contributed by atoms with Crippen LogP contribution in [0.25, 0.3) is 0 Å². The Balaban J connectivity index is 2.27. The highest BCUT2D eigenvalue weighted by atomic mass is 16.5. The zero-order valence-electron chi connectivity index (χ0n) is 11.2. The third kappa shape index (κ3) is 5.01. The molecule has 0 spiro atoms. The summed E-state index contributed by atoms with van der Waals surface area (Å²) in [4.78, 5) is 25.2. The predicted molar refractivity (Wildman–Crippen MR) is 67.9 cm³/mol. The first-order valence-corrected chi connectivity index (χ1v) is 6.31. The van der Waals surface area contributed by atoms with Gasteiger partial charge in [0.25, 0.3) is 0 Å². The number of amides is 2. The Morgan fingerprint density at radius 1 is 1.28 bits per heavy atom. The number of carbonyl (C=O) groups excluding carboxylic acids is 2. The van der Waals surface area contributed by atoms with Crippen molar-refractivity contribution in [3.05, 3.63) is 0 Å². The summed E-state index contributed by atoms with van der Waals surface area (Å²) in [6.07, 6.45) is 0.451. The lowest BCUT2D eigenvalue weighted by Crippen LogP contribution is -2.49. The summed E-state index contributed by atoms with van der Waals surface area (Å²) in [5, 5.41) is 2.80. The van der Waals surface area contributed by atoms with Crippen LogP contribution in [-0.2, 0) is 14.3 Å². The van der Waals surface area contributed by atoms with E-state index in [2.05, 4.69) is 5.32 Å². The van der Waals surface area contributed by atoms with Crippen molar-refractivity contribution in [2.24, 2.45) is 5.73 Å². The molecule has 0 atom stereocenters. The van der Waals surface area contributed by atoms with E-state index in [-0.39, 0.29) is 24.7 Å². The van der Waals surface area contributed by atoms with Crippen LogP contribution in [0.4, 0.5) is 0 Å². The van der Waals surface area contributed by atoms with Crippen LogP contribution in [0.1, 0.15) is 26.7 Å². The van der Waals surface area contributed by atoms with E-state index in [0.717, 1.165) is 0 Å². The Morgan fingerprint density at radius 3 is 2.44 bits per heavy atom. The van der Waals surface area contributed by atoms with E-state index in [1.165, 1.54) is 0 Å². The first-order valence-electron chi connectivity index (χ1n) is 6.31. The first-order chi connectivity index (χ1) is 8.44. The van der Waals surface area contributed by atoms with Gasteiger partial charge in [-0.1, -0.05) is 0 Å². The van der Waals surface area contributed by atoms with Crippen molar-refractivity contribution in [1.29, 1.82) is 0 Å². The summed E-state index contributed by atoms with van der Waals surface area (Å²) in [7, 11) is 0. The van der Waals surface area contributed by atoms with Gasteiger partial charge in [0.15, 0.2) is 0 Å². The van der Waals surface area contributed by atoms with Crippen LogP contribution >= 0.6 is 0 Å². The van der Waals surface area contributed by atoms with Crippen molar-refractivity contribution in [1.82, 2.24) is 10.2 Å². The van der Waals surface area contributed by atoms with E-state index in [0.29, 0.717) is 32.8 Å². The van der Waals surface area contributed by atoms with Gasteiger partial charge in [-0.25, -0.2) is 0 Å². The Kier molecular flexibility index (Phi) is 5.55. The van der Waals surface area contributed by atoms with Gasteiger partial charge in [0.2, 0.25) is 11.8 Å². The summed E-state index contributed by atoms with van der Waals surface area (Å²) in [6, 6.07) is 0. The highest BCUT2D eigenvalue weighted by Crippen LogP contribution is 2.04. The van der Waals surface area contributed by atoms with E-state index < -0.39 is 5.54 Å². The number of rotatable bonds is 5. The molecule has 0 aromatic heterocycles. The van der Waals surface area contributed by atoms with Gasteiger partial charge in [-0.2, -0.15) is 0 Å². The SMILES string of the molecule is CC(C)(CN)NC(=O)CCC(=O)N1CCOCC1. The average molecular weight is 257 g/mol. The smallest absolute Gasteiger partial charge is 0.223 e. The molecule has 0 saturated carbocycles. The molecule has 0 aromatic rings. The molecule has 6 heteroatoms. The van der Waals surface area contributed by atoms with Gasteiger partial charge < -0.3 is 20.7 Å². The third-order valence-corrected chi connectivity index (χ3v) is 2.92. The number of morpholine rings is 1. The van der Waals surface area contributed by atoms with Gasteiger partial charge in [-0.15, -0.1) is 0 Å². The number of nitrogens with two attached hydrogens (primary N) is 1. The van der Waals surface area contributed by atoms with Crippen LogP contribution in [0, 0.1) is 0 Å². The van der Waals surface area contributed by atoms with Crippen LogP contribution in [0.15, 0.2) is 0 Å². The Hall–Kier alpha value is -1.14. The number of hydrogen-bond acceptors (Lipinski definition) is 4. The van der Waals surface area contributed by atoms with E-state index in [1.807, 2.05) is 13.8 Å². The minimum atomic E-state index is -0.418. The van der Waals surface area contributed by atoms with Crippen LogP contribution < -0.4 is 11.1 Å². The Labute approximate surface area is 108 Å². The van der Waals surface area contributed by atoms with Gasteiger partial charge in [0.1, 0.15) is 0 Å². The Morgan fingerprint density at radius 2 is 1.89 bits per heavy atom. The molecule has 0 bridgehead atoms. The van der Waals surface area contributed by atoms with Crippen molar-refractivity contribution in [2.75, 3.05) is 32.8 Å². The quantitative estimate of drug-likeness (QED) is 0.694. The molecule has 18 heavy (non-hydrogen) atoms. The molecule has 1 aliphatic rings. The molecule has 1 aliphatic heterocycles. The molecule has 1 rings (SSSR count). The van der Waals surface area contributed by atoms with Crippen LogP contribution in [0.5, 0.6) is 0 Å². The second-order valence-corrected chi connectivity index (χ2v) is 5.13. The van der Waals surface area contributed by atoms with E-state index in [1.54, 1.807) is 4.90 Å². The maximum absolute atomic E-state index is 11.8. The maximum atomic E-state index is 11.8. The number of ether oxygens (including phenoxy) is 1. The third-order valence-electron chi connectivity index (χ3n) is 2.92. The molecule has 0 aliphatic carbocycles. The molecule has 2 amide bonds. The predicted octanol–water partition coefficient (Wildman–Crippen LogP) is -0.521. The van der Waals surface area contributed by atoms with Gasteiger partial charge in [-0.05, 0) is 13.8 Å². The zero-order valence-corrected chi connectivity index (χ0v) is 11.2. The van der Waals surface area contributed by atoms with Crippen molar-refractivity contribution in [3.8, 4) is 0 Å². The highest BCUT2D eigenvalue weighted by Gasteiger charge is 2.21. The van der Waals surface area contributed by atoms with Crippen LogP contribution in [-0.4, -0.2) is 55.1 Å². The number of carbonyl (C=O) groups is 2.